The van der Waals surface area contributed by atoms with E-state index in [0.29, 0.717) is 11.4 Å². The summed E-state index contributed by atoms with van der Waals surface area (Å²) in [5.41, 5.74) is 2.43. The van der Waals surface area contributed by atoms with Crippen LogP contribution in [0.4, 0.5) is 5.69 Å². The quantitative estimate of drug-likeness (QED) is 0.621. The second kappa shape index (κ2) is 3.99. The highest BCUT2D eigenvalue weighted by molar-refractivity contribution is 14.1. The fraction of sp³-hybridized carbons (Fsp3) is 0. The molecule has 3 rings (SSSR count). The maximum Gasteiger partial charge on any atom is 0.256 e. The molecule has 1 aromatic carbocycles. The van der Waals surface area contributed by atoms with E-state index < -0.39 is 0 Å². The number of fused-ring (bicyclic) bond motifs is 1. The van der Waals surface area contributed by atoms with Crippen molar-refractivity contribution in [3.63, 3.8) is 0 Å². The molecule has 0 atom stereocenters. The topological polar surface area (TPSA) is 57.8 Å². The summed E-state index contributed by atoms with van der Waals surface area (Å²) in [6, 6.07) is 5.87. The predicted octanol–water partition coefficient (Wildman–Crippen LogP) is 2.51. The summed E-state index contributed by atoms with van der Waals surface area (Å²) in [6.45, 7) is 0. The molecule has 0 fully saturated rings. The van der Waals surface area contributed by atoms with Crippen LogP contribution in [0.25, 0.3) is 11.6 Å². The number of H-pyrrole nitrogens is 1. The van der Waals surface area contributed by atoms with Gasteiger partial charge >= 0.3 is 0 Å². The summed E-state index contributed by atoms with van der Waals surface area (Å²) in [5.74, 6) is 0.597. The van der Waals surface area contributed by atoms with Crippen molar-refractivity contribution < 1.29 is 4.79 Å². The molecule has 1 aliphatic rings. The number of halogens is 1. The molecule has 0 radical (unpaired) electrons. The van der Waals surface area contributed by atoms with Gasteiger partial charge in [-0.2, -0.15) is 0 Å². The van der Waals surface area contributed by atoms with Crippen LogP contribution in [-0.2, 0) is 4.79 Å². The van der Waals surface area contributed by atoms with Crippen LogP contribution in [0.15, 0.2) is 30.6 Å². The van der Waals surface area contributed by atoms with Gasteiger partial charge in [0.15, 0.2) is 0 Å². The minimum Gasteiger partial charge on any atom is -0.345 e. The fourth-order valence-corrected chi connectivity index (χ4v) is 2.29. The van der Waals surface area contributed by atoms with E-state index in [4.69, 9.17) is 0 Å². The summed E-state index contributed by atoms with van der Waals surface area (Å²) in [4.78, 5) is 18.9. The molecule has 0 aliphatic carbocycles. The average Bonchev–Trinajstić information content (AvgIpc) is 2.90. The largest absolute Gasteiger partial charge is 0.345 e. The van der Waals surface area contributed by atoms with Crippen LogP contribution in [0.1, 0.15) is 11.4 Å². The number of imidazole rings is 1. The molecule has 0 unspecified atom stereocenters. The van der Waals surface area contributed by atoms with Gasteiger partial charge in [0.2, 0.25) is 0 Å². The van der Waals surface area contributed by atoms with Gasteiger partial charge in [-0.15, -0.1) is 0 Å². The number of anilines is 1. The van der Waals surface area contributed by atoms with Gasteiger partial charge in [-0.05, 0) is 46.9 Å². The lowest BCUT2D eigenvalue weighted by molar-refractivity contribution is -0.110. The number of hydrogen-bond acceptors (Lipinski definition) is 2. The molecule has 1 aromatic heterocycles. The van der Waals surface area contributed by atoms with E-state index in [9.17, 15) is 4.79 Å². The lowest BCUT2D eigenvalue weighted by Gasteiger charge is -1.98. The van der Waals surface area contributed by atoms with Crippen molar-refractivity contribution in [2.24, 2.45) is 0 Å². The molecule has 0 spiro atoms. The maximum atomic E-state index is 11.8. The van der Waals surface area contributed by atoms with Crippen LogP contribution in [0.5, 0.6) is 0 Å². The maximum absolute atomic E-state index is 11.8. The Balaban J connectivity index is 2.13. The minimum atomic E-state index is -0.0848. The highest BCUT2D eigenvalue weighted by Gasteiger charge is 2.24. The monoisotopic (exact) mass is 337 g/mol. The number of amides is 1. The summed E-state index contributed by atoms with van der Waals surface area (Å²) < 4.78 is 1.10. The Hall–Kier alpha value is -1.63. The molecule has 2 heterocycles. The van der Waals surface area contributed by atoms with Crippen molar-refractivity contribution in [2.45, 2.75) is 0 Å². The van der Waals surface area contributed by atoms with Gasteiger partial charge in [-0.25, -0.2) is 4.98 Å². The summed E-state index contributed by atoms with van der Waals surface area (Å²) in [5, 5.41) is 2.83. The van der Waals surface area contributed by atoms with Gasteiger partial charge in [-0.3, -0.25) is 4.79 Å². The molecule has 0 saturated carbocycles. The zero-order valence-corrected chi connectivity index (χ0v) is 10.9. The molecule has 0 bridgehead atoms. The lowest BCUT2D eigenvalue weighted by Crippen LogP contribution is -2.03. The van der Waals surface area contributed by atoms with Gasteiger partial charge in [0.25, 0.3) is 5.91 Å². The Morgan fingerprint density at radius 2 is 2.24 bits per heavy atom. The smallest absolute Gasteiger partial charge is 0.256 e. The number of nitrogens with one attached hydrogen (secondary N) is 2. The van der Waals surface area contributed by atoms with Gasteiger partial charge in [0.1, 0.15) is 5.82 Å². The number of rotatable bonds is 1. The molecule has 17 heavy (non-hydrogen) atoms. The fourth-order valence-electron chi connectivity index (χ4n) is 1.80. The van der Waals surface area contributed by atoms with Gasteiger partial charge in [-0.1, -0.05) is 0 Å². The van der Waals surface area contributed by atoms with Crippen LogP contribution < -0.4 is 5.32 Å². The first-order chi connectivity index (χ1) is 8.24. The molecule has 84 valence electrons. The number of carbonyl (C=O) groups excluding carboxylic acids is 1. The van der Waals surface area contributed by atoms with Crippen LogP contribution in [0, 0.1) is 3.57 Å². The number of aromatic amines is 1. The number of nitrogens with zero attached hydrogens (tertiary/aromatic N) is 1. The average molecular weight is 337 g/mol. The summed E-state index contributed by atoms with van der Waals surface area (Å²) >= 11 is 2.23. The van der Waals surface area contributed by atoms with E-state index in [1.807, 2.05) is 18.2 Å². The van der Waals surface area contributed by atoms with E-state index in [-0.39, 0.29) is 5.91 Å². The molecule has 2 aromatic rings. The minimum absolute atomic E-state index is 0.0848. The van der Waals surface area contributed by atoms with Crippen molar-refractivity contribution in [1.29, 1.82) is 0 Å². The first-order valence-corrected chi connectivity index (χ1v) is 6.14. The third kappa shape index (κ3) is 1.86. The molecule has 2 N–H and O–H groups in total. The Bertz CT molecular complexity index is 617. The zero-order chi connectivity index (χ0) is 11.8. The lowest BCUT2D eigenvalue weighted by atomic mass is 10.1. The third-order valence-electron chi connectivity index (χ3n) is 2.57. The van der Waals surface area contributed by atoms with E-state index in [2.05, 4.69) is 37.9 Å². The van der Waals surface area contributed by atoms with Crippen LogP contribution in [0.3, 0.4) is 0 Å². The number of hydrogen-bond donors (Lipinski definition) is 2. The zero-order valence-electron chi connectivity index (χ0n) is 8.70. The van der Waals surface area contributed by atoms with Crippen molar-refractivity contribution >= 4 is 45.8 Å². The summed E-state index contributed by atoms with van der Waals surface area (Å²) in [6.07, 6.45) is 5.15. The highest BCUT2D eigenvalue weighted by atomic mass is 127. The number of carbonyl (C=O) groups is 1. The first kappa shape index (κ1) is 10.5. The Morgan fingerprint density at radius 3 is 3.00 bits per heavy atom. The number of benzene rings is 1. The molecule has 1 aliphatic heterocycles. The predicted molar refractivity (Wildman–Crippen MR) is 74.2 cm³/mol. The standard InChI is InChI=1S/C12H8IN3O/c13-7-1-2-10-8(5-7)9(12(17)16-10)6-11-14-3-4-15-11/h1-6H,(H,14,15)(H,16,17). The Morgan fingerprint density at radius 1 is 1.35 bits per heavy atom. The summed E-state index contributed by atoms with van der Waals surface area (Å²) in [7, 11) is 0. The molecule has 0 saturated heterocycles. The van der Waals surface area contributed by atoms with Gasteiger partial charge < -0.3 is 10.3 Å². The van der Waals surface area contributed by atoms with Crippen LogP contribution in [0.2, 0.25) is 0 Å². The van der Waals surface area contributed by atoms with E-state index in [0.717, 1.165) is 14.8 Å². The third-order valence-corrected chi connectivity index (χ3v) is 3.24. The molecule has 5 heteroatoms. The second-order valence-electron chi connectivity index (χ2n) is 3.68. The van der Waals surface area contributed by atoms with Crippen molar-refractivity contribution in [1.82, 2.24) is 9.97 Å². The molecule has 4 nitrogen and oxygen atoms in total. The Labute approximate surface area is 111 Å². The van der Waals surface area contributed by atoms with E-state index >= 15 is 0 Å². The van der Waals surface area contributed by atoms with Crippen molar-refractivity contribution in [2.75, 3.05) is 5.32 Å². The van der Waals surface area contributed by atoms with Crippen molar-refractivity contribution in [3.05, 3.63) is 45.6 Å². The van der Waals surface area contributed by atoms with Gasteiger partial charge in [0, 0.05) is 27.2 Å². The second-order valence-corrected chi connectivity index (χ2v) is 4.92. The Kier molecular flexibility index (Phi) is 2.47. The van der Waals surface area contributed by atoms with Crippen LogP contribution >= 0.6 is 22.6 Å². The number of aromatic nitrogens is 2. The van der Waals surface area contributed by atoms with E-state index in [1.165, 1.54) is 0 Å². The first-order valence-electron chi connectivity index (χ1n) is 5.06. The van der Waals surface area contributed by atoms with Gasteiger partial charge in [0.05, 0.1) is 5.57 Å². The molecule has 1 amide bonds. The normalized spacial score (nSPS) is 16.1. The molecular weight excluding hydrogens is 329 g/mol. The highest BCUT2D eigenvalue weighted by Crippen LogP contribution is 2.33. The van der Waals surface area contributed by atoms with Crippen molar-refractivity contribution in [3.8, 4) is 0 Å². The van der Waals surface area contributed by atoms with E-state index in [1.54, 1.807) is 18.5 Å². The SMILES string of the molecule is O=C1Nc2ccc(I)cc2C1=Cc1ncc[nH]1. The molecular formula is C12H8IN3O. The van der Waals surface area contributed by atoms with Crippen LogP contribution in [-0.4, -0.2) is 15.9 Å².